The first-order valence-electron chi connectivity index (χ1n) is 4.88. The molecule has 17 heavy (non-hydrogen) atoms. The number of hydrogen-bond acceptors (Lipinski definition) is 4. The van der Waals surface area contributed by atoms with Gasteiger partial charge >= 0.3 is 6.09 Å². The van der Waals surface area contributed by atoms with Gasteiger partial charge in [0.25, 0.3) is 0 Å². The second-order valence-corrected chi connectivity index (χ2v) is 5.11. The lowest BCUT2D eigenvalue weighted by atomic mass is 10.2. The lowest BCUT2D eigenvalue weighted by molar-refractivity contribution is 0.0636. The molecule has 1 N–H and O–H groups in total. The predicted molar refractivity (Wildman–Crippen MR) is 66.5 cm³/mol. The lowest BCUT2D eigenvalue weighted by Gasteiger charge is -2.19. The van der Waals surface area contributed by atoms with Crippen LogP contribution in [-0.2, 0) is 4.74 Å². The summed E-state index contributed by atoms with van der Waals surface area (Å²) >= 11 is 3.15. The Bertz CT molecular complexity index is 475. The van der Waals surface area contributed by atoms with E-state index in [4.69, 9.17) is 10.00 Å². The summed E-state index contributed by atoms with van der Waals surface area (Å²) in [5.41, 5.74) is 0.106. The van der Waals surface area contributed by atoms with Crippen molar-refractivity contribution in [2.24, 2.45) is 0 Å². The van der Waals surface area contributed by atoms with Gasteiger partial charge in [-0.2, -0.15) is 5.26 Å². The first kappa shape index (κ1) is 13.5. The maximum Gasteiger partial charge on any atom is 0.412 e. The summed E-state index contributed by atoms with van der Waals surface area (Å²) < 4.78 is 5.56. The number of anilines is 1. The molecule has 0 saturated heterocycles. The zero-order valence-electron chi connectivity index (χ0n) is 9.74. The molecule has 1 aromatic rings. The Morgan fingerprint density at radius 2 is 2.18 bits per heavy atom. The molecule has 0 fully saturated rings. The van der Waals surface area contributed by atoms with Gasteiger partial charge in [-0.15, -0.1) is 0 Å². The monoisotopic (exact) mass is 297 g/mol. The molecule has 1 rings (SSSR count). The third-order valence-electron chi connectivity index (χ3n) is 1.55. The number of carbonyl (C=O) groups excluding carboxylic acids is 1. The highest BCUT2D eigenvalue weighted by Crippen LogP contribution is 2.17. The van der Waals surface area contributed by atoms with Crippen LogP contribution >= 0.6 is 15.9 Å². The van der Waals surface area contributed by atoms with Gasteiger partial charge in [-0.1, -0.05) is 0 Å². The van der Waals surface area contributed by atoms with Crippen LogP contribution in [0.1, 0.15) is 26.5 Å². The normalized spacial score (nSPS) is 10.5. The smallest absolute Gasteiger partial charge is 0.412 e. The van der Waals surface area contributed by atoms with Gasteiger partial charge in [0.2, 0.25) is 0 Å². The molecule has 1 aromatic heterocycles. The van der Waals surface area contributed by atoms with Gasteiger partial charge in [0.1, 0.15) is 22.0 Å². The summed E-state index contributed by atoms with van der Waals surface area (Å²) in [6, 6.07) is 4.95. The van der Waals surface area contributed by atoms with Crippen molar-refractivity contribution in [2.75, 3.05) is 5.32 Å². The number of hydrogen-bond donors (Lipinski definition) is 1. The molecule has 0 aliphatic carbocycles. The number of pyridine rings is 1. The fourth-order valence-electron chi connectivity index (χ4n) is 1.05. The van der Waals surface area contributed by atoms with E-state index < -0.39 is 11.7 Å². The molecule has 1 heterocycles. The van der Waals surface area contributed by atoms with Crippen molar-refractivity contribution in [3.8, 4) is 6.07 Å². The van der Waals surface area contributed by atoms with Crippen LogP contribution in [-0.4, -0.2) is 16.7 Å². The first-order chi connectivity index (χ1) is 7.80. The second-order valence-electron chi connectivity index (χ2n) is 4.30. The zero-order valence-corrected chi connectivity index (χ0v) is 11.3. The summed E-state index contributed by atoms with van der Waals surface area (Å²) in [5, 5.41) is 11.3. The van der Waals surface area contributed by atoms with E-state index >= 15 is 0 Å². The molecule has 0 spiro atoms. The van der Waals surface area contributed by atoms with Crippen LogP contribution in [0.15, 0.2) is 16.7 Å². The highest BCUT2D eigenvalue weighted by atomic mass is 79.9. The maximum absolute atomic E-state index is 11.5. The molecule has 0 radical (unpaired) electrons. The summed E-state index contributed by atoms with van der Waals surface area (Å²) in [5.74, 6) is 0. The summed E-state index contributed by atoms with van der Waals surface area (Å²) in [6.45, 7) is 5.32. The molecule has 0 aliphatic heterocycles. The van der Waals surface area contributed by atoms with E-state index in [0.29, 0.717) is 10.3 Å². The van der Waals surface area contributed by atoms with E-state index in [9.17, 15) is 4.79 Å². The Labute approximate surface area is 108 Å². The van der Waals surface area contributed by atoms with E-state index in [1.165, 1.54) is 6.07 Å². The van der Waals surface area contributed by atoms with Crippen LogP contribution in [0.2, 0.25) is 0 Å². The minimum Gasteiger partial charge on any atom is -0.444 e. The van der Waals surface area contributed by atoms with Gasteiger partial charge in [-0.05, 0) is 48.8 Å². The molecule has 0 atom stereocenters. The SMILES string of the molecule is CC(C)(C)OC(=O)Nc1cc(Br)nc(C#N)c1. The van der Waals surface area contributed by atoms with Gasteiger partial charge in [0, 0.05) is 5.69 Å². The summed E-state index contributed by atoms with van der Waals surface area (Å²) in [6.07, 6.45) is -0.570. The van der Waals surface area contributed by atoms with Crippen molar-refractivity contribution in [2.45, 2.75) is 26.4 Å². The molecule has 0 aliphatic rings. The number of nitriles is 1. The van der Waals surface area contributed by atoms with Gasteiger partial charge in [-0.25, -0.2) is 9.78 Å². The van der Waals surface area contributed by atoms with Crippen LogP contribution in [0.25, 0.3) is 0 Å². The van der Waals surface area contributed by atoms with E-state index in [2.05, 4.69) is 26.2 Å². The Hall–Kier alpha value is -1.61. The number of aromatic nitrogens is 1. The van der Waals surface area contributed by atoms with E-state index in [-0.39, 0.29) is 5.69 Å². The molecule has 6 heteroatoms. The van der Waals surface area contributed by atoms with Gasteiger partial charge in [0.05, 0.1) is 0 Å². The Morgan fingerprint density at radius 3 is 2.71 bits per heavy atom. The topological polar surface area (TPSA) is 75.0 Å². The standard InChI is InChI=1S/C11H12BrN3O2/c1-11(2,3)17-10(16)15-7-4-8(6-13)14-9(12)5-7/h4-5H,1-3H3,(H,14,15,16). The largest absolute Gasteiger partial charge is 0.444 e. The lowest BCUT2D eigenvalue weighted by Crippen LogP contribution is -2.27. The number of carbonyl (C=O) groups is 1. The molecule has 0 bridgehead atoms. The Balaban J connectivity index is 2.79. The second kappa shape index (κ2) is 5.15. The van der Waals surface area contributed by atoms with Crippen LogP contribution < -0.4 is 5.32 Å². The Kier molecular flexibility index (Phi) is 4.07. The fraction of sp³-hybridized carbons (Fsp3) is 0.364. The van der Waals surface area contributed by atoms with Crippen LogP contribution in [0.3, 0.4) is 0 Å². The Morgan fingerprint density at radius 1 is 1.53 bits per heavy atom. The highest BCUT2D eigenvalue weighted by molar-refractivity contribution is 9.10. The number of nitrogens with one attached hydrogen (secondary N) is 1. The molecular weight excluding hydrogens is 286 g/mol. The quantitative estimate of drug-likeness (QED) is 0.808. The van der Waals surface area contributed by atoms with Crippen LogP contribution in [0.4, 0.5) is 10.5 Å². The van der Waals surface area contributed by atoms with E-state index in [1.54, 1.807) is 26.8 Å². The predicted octanol–water partition coefficient (Wildman–Crippen LogP) is 3.06. The molecular formula is C11H12BrN3O2. The summed E-state index contributed by atoms with van der Waals surface area (Å²) in [7, 11) is 0. The van der Waals surface area contributed by atoms with Crippen LogP contribution in [0, 0.1) is 11.3 Å². The molecule has 0 saturated carbocycles. The average Bonchev–Trinajstić information content (AvgIpc) is 2.13. The molecule has 90 valence electrons. The third kappa shape index (κ3) is 4.83. The van der Waals surface area contributed by atoms with Gasteiger partial charge in [0.15, 0.2) is 0 Å². The van der Waals surface area contributed by atoms with Crippen molar-refractivity contribution >= 4 is 27.7 Å². The summed E-state index contributed by atoms with van der Waals surface area (Å²) in [4.78, 5) is 15.4. The fourth-order valence-corrected chi connectivity index (χ4v) is 1.49. The first-order valence-corrected chi connectivity index (χ1v) is 5.67. The number of nitrogens with zero attached hydrogens (tertiary/aromatic N) is 2. The van der Waals surface area contributed by atoms with E-state index in [1.807, 2.05) is 6.07 Å². The minimum absolute atomic E-state index is 0.213. The highest BCUT2D eigenvalue weighted by Gasteiger charge is 2.16. The maximum atomic E-state index is 11.5. The third-order valence-corrected chi connectivity index (χ3v) is 1.96. The number of halogens is 1. The van der Waals surface area contributed by atoms with Crippen molar-refractivity contribution in [3.05, 3.63) is 22.4 Å². The zero-order chi connectivity index (χ0) is 13.1. The van der Waals surface area contributed by atoms with Crippen molar-refractivity contribution in [3.63, 3.8) is 0 Å². The molecule has 0 aromatic carbocycles. The van der Waals surface area contributed by atoms with Gasteiger partial charge in [-0.3, -0.25) is 5.32 Å². The number of rotatable bonds is 1. The average molecular weight is 298 g/mol. The molecule has 0 unspecified atom stereocenters. The van der Waals surface area contributed by atoms with Crippen LogP contribution in [0.5, 0.6) is 0 Å². The minimum atomic E-state index is -0.570. The van der Waals surface area contributed by atoms with E-state index in [0.717, 1.165) is 0 Å². The number of amides is 1. The van der Waals surface area contributed by atoms with Crippen molar-refractivity contribution in [1.82, 2.24) is 4.98 Å². The van der Waals surface area contributed by atoms with Crippen molar-refractivity contribution < 1.29 is 9.53 Å². The number of ether oxygens (including phenoxy) is 1. The van der Waals surface area contributed by atoms with Crippen molar-refractivity contribution in [1.29, 1.82) is 5.26 Å². The molecule has 5 nitrogen and oxygen atoms in total. The molecule has 1 amide bonds. The van der Waals surface area contributed by atoms with Gasteiger partial charge < -0.3 is 4.74 Å².